The molecule has 22 heavy (non-hydrogen) atoms. The molecule has 1 aromatic heterocycles. The summed E-state index contributed by atoms with van der Waals surface area (Å²) in [6.45, 7) is 6.92. The molecule has 0 radical (unpaired) electrons. The number of carbonyl (C=O) groups is 1. The number of rotatable bonds is 6. The van der Waals surface area contributed by atoms with Crippen molar-refractivity contribution in [2.45, 2.75) is 33.6 Å². The number of hydrogen-bond donors (Lipinski definition) is 2. The highest BCUT2D eigenvalue weighted by atomic mass is 16.1. The summed E-state index contributed by atoms with van der Waals surface area (Å²) in [4.78, 5) is 16.2. The molecule has 0 saturated carbocycles. The average molecular weight is 297 g/mol. The predicted octanol–water partition coefficient (Wildman–Crippen LogP) is 3.97. The molecule has 1 amide bonds. The van der Waals surface area contributed by atoms with Crippen molar-refractivity contribution in [3.8, 4) is 0 Å². The number of pyridine rings is 1. The van der Waals surface area contributed by atoms with Crippen LogP contribution in [-0.4, -0.2) is 17.4 Å². The molecule has 4 nitrogen and oxygen atoms in total. The summed E-state index contributed by atoms with van der Waals surface area (Å²) in [5, 5.41) is 6.22. The van der Waals surface area contributed by atoms with E-state index in [1.54, 1.807) is 12.3 Å². The number of aryl methyl sites for hydroxylation is 2. The topological polar surface area (TPSA) is 54.0 Å². The minimum absolute atomic E-state index is 0.127. The molecule has 0 spiro atoms. The second kappa shape index (κ2) is 7.59. The van der Waals surface area contributed by atoms with Crippen molar-refractivity contribution < 1.29 is 4.79 Å². The molecular weight excluding hydrogens is 274 g/mol. The van der Waals surface area contributed by atoms with Gasteiger partial charge in [-0.1, -0.05) is 31.0 Å². The molecule has 2 aromatic rings. The zero-order valence-corrected chi connectivity index (χ0v) is 13.4. The molecule has 0 aliphatic rings. The van der Waals surface area contributed by atoms with E-state index in [9.17, 15) is 4.79 Å². The van der Waals surface area contributed by atoms with Gasteiger partial charge in [0.1, 0.15) is 5.69 Å². The molecule has 2 rings (SSSR count). The van der Waals surface area contributed by atoms with E-state index in [1.807, 2.05) is 12.1 Å². The third-order valence-corrected chi connectivity index (χ3v) is 3.47. The number of nitrogens with zero attached hydrogens (tertiary/aromatic N) is 1. The lowest BCUT2D eigenvalue weighted by Gasteiger charge is -2.11. The number of aromatic nitrogens is 1. The Bertz CT molecular complexity index is 653. The lowest BCUT2D eigenvalue weighted by molar-refractivity contribution is 0.0948. The van der Waals surface area contributed by atoms with E-state index < -0.39 is 0 Å². The summed E-state index contributed by atoms with van der Waals surface area (Å²) in [5.41, 5.74) is 4.74. The maximum atomic E-state index is 12.0. The third kappa shape index (κ3) is 4.32. The van der Waals surface area contributed by atoms with Gasteiger partial charge in [-0.2, -0.15) is 0 Å². The van der Waals surface area contributed by atoms with Crippen LogP contribution in [-0.2, 0) is 0 Å². The number of nitrogens with one attached hydrogen (secondary N) is 2. The smallest absolute Gasteiger partial charge is 0.269 e. The second-order valence-corrected chi connectivity index (χ2v) is 5.48. The summed E-state index contributed by atoms with van der Waals surface area (Å²) < 4.78 is 0. The van der Waals surface area contributed by atoms with Gasteiger partial charge in [-0.15, -0.1) is 0 Å². The highest BCUT2D eigenvalue weighted by Crippen LogP contribution is 2.21. The highest BCUT2D eigenvalue weighted by molar-refractivity contribution is 5.93. The van der Waals surface area contributed by atoms with E-state index in [4.69, 9.17) is 0 Å². The first-order valence-electron chi connectivity index (χ1n) is 7.68. The summed E-state index contributed by atoms with van der Waals surface area (Å²) >= 11 is 0. The Morgan fingerprint density at radius 2 is 2.00 bits per heavy atom. The van der Waals surface area contributed by atoms with Gasteiger partial charge < -0.3 is 10.6 Å². The number of benzene rings is 1. The van der Waals surface area contributed by atoms with E-state index in [0.717, 1.165) is 24.2 Å². The van der Waals surface area contributed by atoms with Gasteiger partial charge >= 0.3 is 0 Å². The standard InChI is InChI=1S/C18H23N3O/c1-4-5-9-20-18(22)17-12-15(8-10-19-17)21-16-7-6-13(2)11-14(16)3/h6-8,10-12H,4-5,9H2,1-3H3,(H,19,21)(H,20,22). The third-order valence-electron chi connectivity index (χ3n) is 3.47. The molecule has 0 bridgehead atoms. The zero-order chi connectivity index (χ0) is 15.9. The van der Waals surface area contributed by atoms with Crippen molar-refractivity contribution in [1.82, 2.24) is 10.3 Å². The summed E-state index contributed by atoms with van der Waals surface area (Å²) in [6.07, 6.45) is 3.69. The number of carbonyl (C=O) groups excluding carboxylic acids is 1. The van der Waals surface area contributed by atoms with Gasteiger partial charge in [-0.05, 0) is 44.0 Å². The second-order valence-electron chi connectivity index (χ2n) is 5.48. The van der Waals surface area contributed by atoms with Gasteiger partial charge in [-0.25, -0.2) is 0 Å². The minimum atomic E-state index is -0.127. The first-order chi connectivity index (χ1) is 10.6. The van der Waals surface area contributed by atoms with E-state index in [0.29, 0.717) is 12.2 Å². The normalized spacial score (nSPS) is 10.3. The van der Waals surface area contributed by atoms with Gasteiger partial charge in [0.2, 0.25) is 0 Å². The SMILES string of the molecule is CCCCNC(=O)c1cc(Nc2ccc(C)cc2C)ccn1. The first-order valence-corrected chi connectivity index (χ1v) is 7.68. The molecule has 2 N–H and O–H groups in total. The molecular formula is C18H23N3O. The van der Waals surface area contributed by atoms with Crippen LogP contribution in [0.1, 0.15) is 41.4 Å². The van der Waals surface area contributed by atoms with E-state index in [-0.39, 0.29) is 5.91 Å². The van der Waals surface area contributed by atoms with Crippen molar-refractivity contribution in [3.05, 3.63) is 53.3 Å². The maximum Gasteiger partial charge on any atom is 0.269 e. The zero-order valence-electron chi connectivity index (χ0n) is 13.4. The van der Waals surface area contributed by atoms with Gasteiger partial charge in [0.15, 0.2) is 0 Å². The van der Waals surface area contributed by atoms with Crippen LogP contribution < -0.4 is 10.6 Å². The van der Waals surface area contributed by atoms with Crippen LogP contribution in [0.5, 0.6) is 0 Å². The Morgan fingerprint density at radius 1 is 1.18 bits per heavy atom. The van der Waals surface area contributed by atoms with Crippen LogP contribution >= 0.6 is 0 Å². The first kappa shape index (κ1) is 16.0. The monoisotopic (exact) mass is 297 g/mol. The molecule has 116 valence electrons. The van der Waals surface area contributed by atoms with Crippen LogP contribution in [0.15, 0.2) is 36.5 Å². The summed E-state index contributed by atoms with van der Waals surface area (Å²) in [7, 11) is 0. The van der Waals surface area contributed by atoms with E-state index >= 15 is 0 Å². The Hall–Kier alpha value is -2.36. The van der Waals surface area contributed by atoms with Gasteiger partial charge in [0.05, 0.1) is 0 Å². The molecule has 0 aliphatic heterocycles. The quantitative estimate of drug-likeness (QED) is 0.793. The van der Waals surface area contributed by atoms with E-state index in [1.165, 1.54) is 11.1 Å². The fourth-order valence-corrected chi connectivity index (χ4v) is 2.21. The van der Waals surface area contributed by atoms with Crippen molar-refractivity contribution in [2.75, 3.05) is 11.9 Å². The lowest BCUT2D eigenvalue weighted by Crippen LogP contribution is -2.25. The van der Waals surface area contributed by atoms with Crippen LogP contribution in [0, 0.1) is 13.8 Å². The molecule has 0 saturated heterocycles. The molecule has 0 unspecified atom stereocenters. The Balaban J connectivity index is 2.09. The predicted molar refractivity (Wildman–Crippen MR) is 90.7 cm³/mol. The Morgan fingerprint density at radius 3 is 2.73 bits per heavy atom. The van der Waals surface area contributed by atoms with Crippen molar-refractivity contribution in [2.24, 2.45) is 0 Å². The van der Waals surface area contributed by atoms with E-state index in [2.05, 4.69) is 48.5 Å². The molecule has 0 aliphatic carbocycles. The number of anilines is 2. The van der Waals surface area contributed by atoms with Crippen LogP contribution in [0.25, 0.3) is 0 Å². The number of hydrogen-bond acceptors (Lipinski definition) is 3. The van der Waals surface area contributed by atoms with Crippen LogP contribution in [0.2, 0.25) is 0 Å². The number of unbranched alkanes of at least 4 members (excludes halogenated alkanes) is 1. The Kier molecular flexibility index (Phi) is 5.53. The van der Waals surface area contributed by atoms with Crippen molar-refractivity contribution in [1.29, 1.82) is 0 Å². The van der Waals surface area contributed by atoms with Crippen LogP contribution in [0.3, 0.4) is 0 Å². The van der Waals surface area contributed by atoms with Crippen molar-refractivity contribution in [3.63, 3.8) is 0 Å². The van der Waals surface area contributed by atoms with Gasteiger partial charge in [-0.3, -0.25) is 9.78 Å². The van der Waals surface area contributed by atoms with Gasteiger partial charge in [0, 0.05) is 24.1 Å². The maximum absolute atomic E-state index is 12.0. The van der Waals surface area contributed by atoms with Crippen molar-refractivity contribution >= 4 is 17.3 Å². The highest BCUT2D eigenvalue weighted by Gasteiger charge is 2.08. The molecule has 1 heterocycles. The average Bonchev–Trinajstić information content (AvgIpc) is 2.50. The summed E-state index contributed by atoms with van der Waals surface area (Å²) in [6, 6.07) is 9.88. The molecule has 1 aromatic carbocycles. The summed E-state index contributed by atoms with van der Waals surface area (Å²) in [5.74, 6) is -0.127. The molecule has 0 fully saturated rings. The van der Waals surface area contributed by atoms with Crippen LogP contribution in [0.4, 0.5) is 11.4 Å². The fraction of sp³-hybridized carbons (Fsp3) is 0.333. The lowest BCUT2D eigenvalue weighted by atomic mass is 10.1. The minimum Gasteiger partial charge on any atom is -0.355 e. The van der Waals surface area contributed by atoms with Gasteiger partial charge in [0.25, 0.3) is 5.91 Å². The number of amides is 1. The Labute approximate surface area is 132 Å². The molecule has 0 atom stereocenters. The largest absolute Gasteiger partial charge is 0.355 e. The fourth-order valence-electron chi connectivity index (χ4n) is 2.21. The molecule has 4 heteroatoms.